The quantitative estimate of drug-likeness (QED) is 0.834. The molecule has 1 saturated heterocycles. The molecule has 1 N–H and O–H groups in total. The number of anilines is 1. The molecule has 5 heteroatoms. The molecule has 20 heavy (non-hydrogen) atoms. The molecule has 0 aliphatic carbocycles. The van der Waals surface area contributed by atoms with Gasteiger partial charge in [-0.1, -0.05) is 0 Å². The van der Waals surface area contributed by atoms with Crippen LogP contribution in [0.3, 0.4) is 0 Å². The van der Waals surface area contributed by atoms with Crippen molar-refractivity contribution < 1.29 is 14.3 Å². The van der Waals surface area contributed by atoms with Crippen LogP contribution in [-0.2, 0) is 9.47 Å². The van der Waals surface area contributed by atoms with Crippen molar-refractivity contribution in [1.82, 2.24) is 0 Å². The number of hydrogen-bond donors (Lipinski definition) is 1. The lowest BCUT2D eigenvalue weighted by Gasteiger charge is -2.22. The van der Waals surface area contributed by atoms with E-state index in [1.165, 1.54) is 6.92 Å². The Kier molecular flexibility index (Phi) is 4.38. The molecule has 2 rings (SSSR count). The predicted octanol–water partition coefficient (Wildman–Crippen LogP) is 2.33. The van der Waals surface area contributed by atoms with Gasteiger partial charge in [0.1, 0.15) is 6.07 Å². The van der Waals surface area contributed by atoms with Crippen molar-refractivity contribution in [1.29, 1.82) is 5.26 Å². The maximum absolute atomic E-state index is 11.4. The SMILES string of the molecule is CC(=O)c1ccc(C#N)c(NCCC2(C)OCCO2)c1. The summed E-state index contributed by atoms with van der Waals surface area (Å²) in [5.41, 5.74) is 1.78. The molecule has 1 aromatic rings. The Bertz CT molecular complexity index is 543. The second-order valence-electron chi connectivity index (χ2n) is 4.94. The number of nitrogens with zero attached hydrogens (tertiary/aromatic N) is 1. The van der Waals surface area contributed by atoms with Gasteiger partial charge in [-0.3, -0.25) is 4.79 Å². The molecule has 0 radical (unpaired) electrons. The maximum Gasteiger partial charge on any atom is 0.167 e. The van der Waals surface area contributed by atoms with Crippen LogP contribution in [0.4, 0.5) is 5.69 Å². The fourth-order valence-corrected chi connectivity index (χ4v) is 2.13. The first-order valence-electron chi connectivity index (χ1n) is 6.61. The third kappa shape index (κ3) is 3.35. The lowest BCUT2D eigenvalue weighted by Crippen LogP contribution is -2.28. The molecule has 1 fully saturated rings. The molecular weight excluding hydrogens is 256 g/mol. The molecule has 0 aromatic heterocycles. The summed E-state index contributed by atoms with van der Waals surface area (Å²) in [4.78, 5) is 11.4. The Labute approximate surface area is 118 Å². The summed E-state index contributed by atoms with van der Waals surface area (Å²) >= 11 is 0. The van der Waals surface area contributed by atoms with Crippen molar-refractivity contribution in [2.24, 2.45) is 0 Å². The molecule has 0 spiro atoms. The predicted molar refractivity (Wildman–Crippen MR) is 74.6 cm³/mol. The molecule has 1 aliphatic heterocycles. The largest absolute Gasteiger partial charge is 0.384 e. The first-order chi connectivity index (χ1) is 9.54. The van der Waals surface area contributed by atoms with Crippen LogP contribution < -0.4 is 5.32 Å². The van der Waals surface area contributed by atoms with E-state index < -0.39 is 5.79 Å². The fourth-order valence-electron chi connectivity index (χ4n) is 2.13. The number of ketones is 1. The Morgan fingerprint density at radius 1 is 1.45 bits per heavy atom. The van der Waals surface area contributed by atoms with Crippen molar-refractivity contribution in [2.75, 3.05) is 25.1 Å². The Morgan fingerprint density at radius 3 is 2.75 bits per heavy atom. The highest BCUT2D eigenvalue weighted by molar-refractivity contribution is 5.95. The highest BCUT2D eigenvalue weighted by atomic mass is 16.7. The highest BCUT2D eigenvalue weighted by Gasteiger charge is 2.30. The zero-order valence-electron chi connectivity index (χ0n) is 11.7. The molecule has 1 aliphatic rings. The van der Waals surface area contributed by atoms with Crippen LogP contribution in [0.25, 0.3) is 0 Å². The van der Waals surface area contributed by atoms with Gasteiger partial charge in [0.05, 0.1) is 24.5 Å². The van der Waals surface area contributed by atoms with Crippen LogP contribution in [0, 0.1) is 11.3 Å². The molecule has 1 aromatic carbocycles. The number of Topliss-reactive ketones (excluding diaryl/α,β-unsaturated/α-hetero) is 1. The number of carbonyl (C=O) groups excluding carboxylic acids is 1. The van der Waals surface area contributed by atoms with E-state index in [4.69, 9.17) is 14.7 Å². The van der Waals surface area contributed by atoms with Crippen LogP contribution in [0.5, 0.6) is 0 Å². The number of nitriles is 1. The van der Waals surface area contributed by atoms with Gasteiger partial charge in [0.2, 0.25) is 0 Å². The number of ether oxygens (including phenoxy) is 2. The molecule has 0 bridgehead atoms. The normalized spacial score (nSPS) is 16.6. The van der Waals surface area contributed by atoms with E-state index in [9.17, 15) is 4.79 Å². The van der Waals surface area contributed by atoms with Gasteiger partial charge in [0.15, 0.2) is 11.6 Å². The van der Waals surface area contributed by atoms with Gasteiger partial charge in [-0.05, 0) is 32.0 Å². The van der Waals surface area contributed by atoms with Crippen LogP contribution in [0.15, 0.2) is 18.2 Å². The Hall–Kier alpha value is -1.90. The van der Waals surface area contributed by atoms with E-state index in [0.717, 1.165) is 0 Å². The van der Waals surface area contributed by atoms with Gasteiger partial charge >= 0.3 is 0 Å². The summed E-state index contributed by atoms with van der Waals surface area (Å²) in [7, 11) is 0. The molecule has 1 heterocycles. The molecule has 0 amide bonds. The Balaban J connectivity index is 2.02. The fraction of sp³-hybridized carbons (Fsp3) is 0.467. The number of benzene rings is 1. The van der Waals surface area contributed by atoms with Crippen LogP contribution >= 0.6 is 0 Å². The summed E-state index contributed by atoms with van der Waals surface area (Å²) < 4.78 is 11.0. The molecule has 0 saturated carbocycles. The molecule has 106 valence electrons. The van der Waals surface area contributed by atoms with Gasteiger partial charge < -0.3 is 14.8 Å². The zero-order valence-corrected chi connectivity index (χ0v) is 11.7. The van der Waals surface area contributed by atoms with E-state index in [-0.39, 0.29) is 5.78 Å². The lowest BCUT2D eigenvalue weighted by molar-refractivity contribution is -0.144. The minimum absolute atomic E-state index is 0.0213. The summed E-state index contributed by atoms with van der Waals surface area (Å²) in [6.45, 7) is 5.23. The second-order valence-corrected chi connectivity index (χ2v) is 4.94. The van der Waals surface area contributed by atoms with Gasteiger partial charge in [0.25, 0.3) is 0 Å². The smallest absolute Gasteiger partial charge is 0.167 e. The van der Waals surface area contributed by atoms with E-state index >= 15 is 0 Å². The van der Waals surface area contributed by atoms with Crippen LogP contribution in [-0.4, -0.2) is 31.3 Å². The van der Waals surface area contributed by atoms with Gasteiger partial charge in [-0.2, -0.15) is 5.26 Å². The monoisotopic (exact) mass is 274 g/mol. The maximum atomic E-state index is 11.4. The minimum atomic E-state index is -0.558. The van der Waals surface area contributed by atoms with E-state index in [2.05, 4.69) is 11.4 Å². The summed E-state index contributed by atoms with van der Waals surface area (Å²) in [6.07, 6.45) is 0.669. The number of carbonyl (C=O) groups is 1. The lowest BCUT2D eigenvalue weighted by atomic mass is 10.1. The summed E-state index contributed by atoms with van der Waals surface area (Å²) in [6, 6.07) is 7.14. The number of hydrogen-bond acceptors (Lipinski definition) is 5. The van der Waals surface area contributed by atoms with Crippen molar-refractivity contribution >= 4 is 11.5 Å². The van der Waals surface area contributed by atoms with Gasteiger partial charge in [0, 0.05) is 18.5 Å². The average Bonchev–Trinajstić information content (AvgIpc) is 2.85. The van der Waals surface area contributed by atoms with Crippen molar-refractivity contribution in [2.45, 2.75) is 26.1 Å². The third-order valence-electron chi connectivity index (χ3n) is 3.34. The molecular formula is C15H18N2O3. The highest BCUT2D eigenvalue weighted by Crippen LogP contribution is 2.23. The van der Waals surface area contributed by atoms with E-state index in [1.807, 2.05) is 6.92 Å². The first-order valence-corrected chi connectivity index (χ1v) is 6.61. The summed E-state index contributed by atoms with van der Waals surface area (Å²) in [5.74, 6) is -0.579. The average molecular weight is 274 g/mol. The summed E-state index contributed by atoms with van der Waals surface area (Å²) in [5, 5.41) is 12.3. The number of rotatable bonds is 5. The molecule has 0 atom stereocenters. The molecule has 5 nitrogen and oxygen atoms in total. The third-order valence-corrected chi connectivity index (χ3v) is 3.34. The number of nitrogens with one attached hydrogen (secondary N) is 1. The van der Waals surface area contributed by atoms with Gasteiger partial charge in [-0.25, -0.2) is 0 Å². The second kappa shape index (κ2) is 6.04. The minimum Gasteiger partial charge on any atom is -0.384 e. The van der Waals surface area contributed by atoms with Crippen molar-refractivity contribution in [3.05, 3.63) is 29.3 Å². The Morgan fingerprint density at radius 2 is 2.15 bits per heavy atom. The molecule has 0 unspecified atom stereocenters. The van der Waals surface area contributed by atoms with Gasteiger partial charge in [-0.15, -0.1) is 0 Å². The topological polar surface area (TPSA) is 71.4 Å². The van der Waals surface area contributed by atoms with E-state index in [1.54, 1.807) is 18.2 Å². The zero-order chi connectivity index (χ0) is 14.6. The van der Waals surface area contributed by atoms with E-state index in [0.29, 0.717) is 43.0 Å². The van der Waals surface area contributed by atoms with Crippen molar-refractivity contribution in [3.63, 3.8) is 0 Å². The first kappa shape index (κ1) is 14.5. The van der Waals surface area contributed by atoms with Crippen LogP contribution in [0.1, 0.15) is 36.2 Å². The van der Waals surface area contributed by atoms with Crippen molar-refractivity contribution in [3.8, 4) is 6.07 Å². The standard InChI is InChI=1S/C15H18N2O3/c1-11(18)12-3-4-13(10-16)14(9-12)17-6-5-15(2)19-7-8-20-15/h3-4,9,17H,5-8H2,1-2H3. The van der Waals surface area contributed by atoms with Crippen LogP contribution in [0.2, 0.25) is 0 Å².